The lowest BCUT2D eigenvalue weighted by molar-refractivity contribution is 0.184. The summed E-state index contributed by atoms with van der Waals surface area (Å²) in [4.78, 5) is 0. The molecule has 1 aromatic rings. The van der Waals surface area contributed by atoms with Gasteiger partial charge in [0, 0.05) is 5.02 Å². The van der Waals surface area contributed by atoms with Gasteiger partial charge in [-0.25, -0.2) is 0 Å². The Balaban J connectivity index is 1.95. The molecule has 1 aromatic carbocycles. The van der Waals surface area contributed by atoms with Crippen LogP contribution < -0.4 is 4.74 Å². The van der Waals surface area contributed by atoms with Gasteiger partial charge in [-0.15, -0.1) is 0 Å². The molecule has 0 aliphatic heterocycles. The number of hydrogen-bond donors (Lipinski definition) is 0. The van der Waals surface area contributed by atoms with Crippen molar-refractivity contribution >= 4 is 11.6 Å². The van der Waals surface area contributed by atoms with E-state index in [0.29, 0.717) is 6.10 Å². The van der Waals surface area contributed by atoms with Gasteiger partial charge < -0.3 is 4.74 Å². The van der Waals surface area contributed by atoms with Crippen LogP contribution in [0.25, 0.3) is 0 Å². The molecular weight excluding hydrogens is 208 g/mol. The first kappa shape index (κ1) is 10.8. The van der Waals surface area contributed by atoms with Gasteiger partial charge in [0.15, 0.2) is 0 Å². The van der Waals surface area contributed by atoms with E-state index in [1.54, 1.807) is 0 Å². The second-order valence-corrected chi connectivity index (χ2v) is 4.63. The van der Waals surface area contributed by atoms with Gasteiger partial charge in [-0.1, -0.05) is 30.5 Å². The summed E-state index contributed by atoms with van der Waals surface area (Å²) in [7, 11) is 0. The second kappa shape index (κ2) is 5.41. The van der Waals surface area contributed by atoms with Gasteiger partial charge in [0.05, 0.1) is 6.10 Å². The summed E-state index contributed by atoms with van der Waals surface area (Å²) in [6, 6.07) is 7.69. The third-order valence-electron chi connectivity index (χ3n) is 2.90. The van der Waals surface area contributed by atoms with E-state index >= 15 is 0 Å². The van der Waals surface area contributed by atoms with Crippen molar-refractivity contribution < 1.29 is 4.74 Å². The van der Waals surface area contributed by atoms with Crippen LogP contribution in [-0.2, 0) is 0 Å². The zero-order chi connectivity index (χ0) is 10.5. The van der Waals surface area contributed by atoms with Crippen LogP contribution in [0.1, 0.15) is 38.5 Å². The van der Waals surface area contributed by atoms with Crippen molar-refractivity contribution in [3.05, 3.63) is 29.3 Å². The van der Waals surface area contributed by atoms with E-state index < -0.39 is 0 Å². The third kappa shape index (κ3) is 3.42. The lowest BCUT2D eigenvalue weighted by Crippen LogP contribution is -2.14. The Morgan fingerprint density at radius 1 is 1.07 bits per heavy atom. The third-order valence-corrected chi connectivity index (χ3v) is 3.14. The van der Waals surface area contributed by atoms with Crippen LogP contribution in [-0.4, -0.2) is 6.10 Å². The molecule has 0 spiro atoms. The molecule has 82 valence electrons. The molecule has 0 bridgehead atoms. The van der Waals surface area contributed by atoms with Crippen LogP contribution in [0.3, 0.4) is 0 Å². The topological polar surface area (TPSA) is 9.23 Å². The van der Waals surface area contributed by atoms with Crippen molar-refractivity contribution in [3.63, 3.8) is 0 Å². The van der Waals surface area contributed by atoms with E-state index in [1.807, 2.05) is 24.3 Å². The summed E-state index contributed by atoms with van der Waals surface area (Å²) in [5.74, 6) is 0.911. The Bertz CT molecular complexity index is 303. The fourth-order valence-corrected chi connectivity index (χ4v) is 2.27. The predicted octanol–water partition coefficient (Wildman–Crippen LogP) is 4.44. The maximum atomic E-state index is 5.93. The molecule has 0 saturated heterocycles. The van der Waals surface area contributed by atoms with Crippen molar-refractivity contribution in [1.82, 2.24) is 0 Å². The zero-order valence-electron chi connectivity index (χ0n) is 8.92. The normalized spacial score (nSPS) is 18.5. The summed E-state index contributed by atoms with van der Waals surface area (Å²) in [6.45, 7) is 0. The van der Waals surface area contributed by atoms with Crippen LogP contribution >= 0.6 is 11.6 Å². The molecule has 2 heteroatoms. The quantitative estimate of drug-likeness (QED) is 0.675. The Morgan fingerprint density at radius 3 is 2.47 bits per heavy atom. The molecule has 1 aliphatic rings. The van der Waals surface area contributed by atoms with Crippen molar-refractivity contribution in [2.45, 2.75) is 44.6 Å². The molecule has 1 fully saturated rings. The fraction of sp³-hybridized carbons (Fsp3) is 0.538. The highest BCUT2D eigenvalue weighted by atomic mass is 35.5. The maximum Gasteiger partial charge on any atom is 0.121 e. The van der Waals surface area contributed by atoms with E-state index in [9.17, 15) is 0 Å². The number of halogens is 1. The van der Waals surface area contributed by atoms with E-state index in [4.69, 9.17) is 16.3 Å². The minimum Gasteiger partial charge on any atom is -0.490 e. The van der Waals surface area contributed by atoms with Gasteiger partial charge in [-0.3, -0.25) is 0 Å². The summed E-state index contributed by atoms with van der Waals surface area (Å²) < 4.78 is 5.93. The number of ether oxygens (including phenoxy) is 1. The molecular formula is C13H17ClO. The molecule has 0 N–H and O–H groups in total. The van der Waals surface area contributed by atoms with E-state index in [0.717, 1.165) is 10.8 Å². The molecule has 0 unspecified atom stereocenters. The van der Waals surface area contributed by atoms with Crippen molar-refractivity contribution in [3.8, 4) is 5.75 Å². The zero-order valence-corrected chi connectivity index (χ0v) is 9.67. The predicted molar refractivity (Wildman–Crippen MR) is 63.6 cm³/mol. The monoisotopic (exact) mass is 224 g/mol. The largest absolute Gasteiger partial charge is 0.490 e. The summed E-state index contributed by atoms with van der Waals surface area (Å²) in [5, 5.41) is 0.751. The molecule has 0 radical (unpaired) electrons. The van der Waals surface area contributed by atoms with E-state index in [1.165, 1.54) is 38.5 Å². The smallest absolute Gasteiger partial charge is 0.121 e. The standard InChI is InChI=1S/C13H17ClO/c14-11-6-5-9-13(10-11)15-12-7-3-1-2-4-8-12/h5-6,9-10,12H,1-4,7-8H2. The minimum atomic E-state index is 0.394. The van der Waals surface area contributed by atoms with E-state index in [-0.39, 0.29) is 0 Å². The highest BCUT2D eigenvalue weighted by molar-refractivity contribution is 6.30. The lowest BCUT2D eigenvalue weighted by atomic mass is 10.1. The molecule has 15 heavy (non-hydrogen) atoms. The molecule has 1 saturated carbocycles. The molecule has 0 amide bonds. The molecule has 2 rings (SSSR count). The van der Waals surface area contributed by atoms with Crippen LogP contribution in [0, 0.1) is 0 Å². The maximum absolute atomic E-state index is 5.93. The van der Waals surface area contributed by atoms with Crippen LogP contribution in [0.4, 0.5) is 0 Å². The average molecular weight is 225 g/mol. The number of hydrogen-bond acceptors (Lipinski definition) is 1. The lowest BCUT2D eigenvalue weighted by Gasteiger charge is -2.16. The van der Waals surface area contributed by atoms with Crippen LogP contribution in [0.5, 0.6) is 5.75 Å². The van der Waals surface area contributed by atoms with Gasteiger partial charge in [-0.2, -0.15) is 0 Å². The van der Waals surface area contributed by atoms with E-state index in [2.05, 4.69) is 0 Å². The Hall–Kier alpha value is -0.690. The number of benzene rings is 1. The average Bonchev–Trinajstić information content (AvgIpc) is 2.46. The fourth-order valence-electron chi connectivity index (χ4n) is 2.09. The molecule has 0 aromatic heterocycles. The SMILES string of the molecule is Clc1cccc(OC2CCCCCC2)c1. The van der Waals surface area contributed by atoms with Gasteiger partial charge in [0.2, 0.25) is 0 Å². The minimum absolute atomic E-state index is 0.394. The van der Waals surface area contributed by atoms with Crippen molar-refractivity contribution in [2.24, 2.45) is 0 Å². The van der Waals surface area contributed by atoms with Gasteiger partial charge in [-0.05, 0) is 43.9 Å². The summed E-state index contributed by atoms with van der Waals surface area (Å²) >= 11 is 5.91. The van der Waals surface area contributed by atoms with Gasteiger partial charge >= 0.3 is 0 Å². The van der Waals surface area contributed by atoms with Crippen molar-refractivity contribution in [1.29, 1.82) is 0 Å². The van der Waals surface area contributed by atoms with Gasteiger partial charge in [0.25, 0.3) is 0 Å². The van der Waals surface area contributed by atoms with Gasteiger partial charge in [0.1, 0.15) is 5.75 Å². The molecule has 1 aliphatic carbocycles. The first-order chi connectivity index (χ1) is 7.34. The Kier molecular flexibility index (Phi) is 3.90. The second-order valence-electron chi connectivity index (χ2n) is 4.19. The first-order valence-corrected chi connectivity index (χ1v) is 6.14. The highest BCUT2D eigenvalue weighted by Gasteiger charge is 2.13. The number of rotatable bonds is 2. The first-order valence-electron chi connectivity index (χ1n) is 5.77. The summed E-state index contributed by atoms with van der Waals surface area (Å²) in [5.41, 5.74) is 0. The Labute approximate surface area is 96.4 Å². The van der Waals surface area contributed by atoms with Crippen LogP contribution in [0.15, 0.2) is 24.3 Å². The van der Waals surface area contributed by atoms with Crippen LogP contribution in [0.2, 0.25) is 5.02 Å². The summed E-state index contributed by atoms with van der Waals surface area (Å²) in [6.07, 6.45) is 8.08. The molecule has 1 nitrogen and oxygen atoms in total. The highest BCUT2D eigenvalue weighted by Crippen LogP contribution is 2.24. The van der Waals surface area contributed by atoms with Crippen molar-refractivity contribution in [2.75, 3.05) is 0 Å². The molecule has 0 heterocycles. The molecule has 0 atom stereocenters. The Morgan fingerprint density at radius 2 is 1.80 bits per heavy atom.